The zero-order chi connectivity index (χ0) is 20.4. The third kappa shape index (κ3) is 3.85. The van der Waals surface area contributed by atoms with E-state index in [4.69, 9.17) is 21.3 Å². The summed E-state index contributed by atoms with van der Waals surface area (Å²) in [5, 5.41) is 15.1. The summed E-state index contributed by atoms with van der Waals surface area (Å²) in [6, 6.07) is 10.5. The van der Waals surface area contributed by atoms with Gasteiger partial charge in [-0.15, -0.1) is 0 Å². The molecule has 2 aromatic carbocycles. The number of aromatic hydroxyl groups is 1. The molecule has 1 aliphatic rings. The highest BCUT2D eigenvalue weighted by Crippen LogP contribution is 2.35. The fourth-order valence-corrected chi connectivity index (χ4v) is 4.04. The normalized spacial score (nSPS) is 15.2. The third-order valence-electron chi connectivity index (χ3n) is 5.34. The van der Waals surface area contributed by atoms with Gasteiger partial charge >= 0.3 is 0 Å². The number of benzene rings is 2. The minimum atomic E-state index is -0.190. The van der Waals surface area contributed by atoms with E-state index in [9.17, 15) is 9.90 Å². The first kappa shape index (κ1) is 19.5. The topological polar surface area (TPSA) is 76.7 Å². The van der Waals surface area contributed by atoms with E-state index in [1.807, 2.05) is 18.2 Å². The highest BCUT2D eigenvalue weighted by molar-refractivity contribution is 6.32. The van der Waals surface area contributed by atoms with E-state index in [1.54, 1.807) is 18.2 Å². The molecule has 0 unspecified atom stereocenters. The number of aromatic nitrogens is 2. The number of para-hydroxylation sites is 1. The van der Waals surface area contributed by atoms with Crippen molar-refractivity contribution in [3.63, 3.8) is 0 Å². The van der Waals surface area contributed by atoms with E-state index < -0.39 is 0 Å². The van der Waals surface area contributed by atoms with Crippen LogP contribution < -0.4 is 10.3 Å². The van der Waals surface area contributed by atoms with Gasteiger partial charge in [0, 0.05) is 5.92 Å². The van der Waals surface area contributed by atoms with Crippen LogP contribution in [0.2, 0.25) is 5.02 Å². The fraction of sp³-hybridized carbons (Fsp3) is 0.318. The second-order valence-corrected chi connectivity index (χ2v) is 7.64. The smallest absolute Gasteiger partial charge is 0.282 e. The first-order valence-corrected chi connectivity index (χ1v) is 10.1. The average Bonchev–Trinajstić information content (AvgIpc) is 2.75. The largest absolute Gasteiger partial charge is 0.503 e. The highest BCUT2D eigenvalue weighted by atomic mass is 35.5. The Labute approximate surface area is 173 Å². The first-order chi connectivity index (χ1) is 14.1. The monoisotopic (exact) mass is 411 g/mol. The maximum Gasteiger partial charge on any atom is 0.282 e. The van der Waals surface area contributed by atoms with Gasteiger partial charge in [0.25, 0.3) is 5.56 Å². The van der Waals surface area contributed by atoms with Gasteiger partial charge in [0.05, 0.1) is 29.2 Å². The lowest BCUT2D eigenvalue weighted by Gasteiger charge is -2.22. The lowest BCUT2D eigenvalue weighted by Crippen LogP contribution is -2.25. The van der Waals surface area contributed by atoms with Crippen molar-refractivity contribution in [1.82, 2.24) is 9.66 Å². The van der Waals surface area contributed by atoms with Crippen molar-refractivity contribution in [3.8, 4) is 11.5 Å². The summed E-state index contributed by atoms with van der Waals surface area (Å²) in [7, 11) is 1.45. The van der Waals surface area contributed by atoms with Crippen molar-refractivity contribution in [3.05, 3.63) is 63.2 Å². The molecule has 0 radical (unpaired) electrons. The molecule has 0 spiro atoms. The van der Waals surface area contributed by atoms with Crippen LogP contribution in [0.25, 0.3) is 10.9 Å². The van der Waals surface area contributed by atoms with Crippen LogP contribution in [0.4, 0.5) is 0 Å². The van der Waals surface area contributed by atoms with Crippen LogP contribution >= 0.6 is 11.6 Å². The number of methoxy groups -OCH3 is 1. The highest BCUT2D eigenvalue weighted by Gasteiger charge is 2.22. The van der Waals surface area contributed by atoms with Crippen molar-refractivity contribution >= 4 is 28.7 Å². The summed E-state index contributed by atoms with van der Waals surface area (Å²) in [5.41, 5.74) is 1.11. The van der Waals surface area contributed by atoms with Crippen molar-refractivity contribution < 1.29 is 9.84 Å². The van der Waals surface area contributed by atoms with E-state index in [0.29, 0.717) is 22.3 Å². The Morgan fingerprint density at radius 2 is 2.00 bits per heavy atom. The molecule has 1 N–H and O–H groups in total. The number of nitrogens with zero attached hydrogens (tertiary/aromatic N) is 3. The van der Waals surface area contributed by atoms with E-state index in [1.165, 1.54) is 24.4 Å². The Kier molecular flexibility index (Phi) is 5.53. The molecule has 4 rings (SSSR count). The number of hydrogen-bond donors (Lipinski definition) is 1. The number of phenolic OH excluding ortho intramolecular Hbond substituents is 1. The van der Waals surface area contributed by atoms with Crippen LogP contribution in [0.5, 0.6) is 11.5 Å². The van der Waals surface area contributed by atoms with Crippen LogP contribution in [0.3, 0.4) is 0 Å². The van der Waals surface area contributed by atoms with Crippen LogP contribution in [0.1, 0.15) is 49.4 Å². The SMILES string of the molecule is COc1cc(C=Nn2c(C3CCCCC3)nc3ccccc3c2=O)cc(Cl)c1O. The predicted molar refractivity (Wildman–Crippen MR) is 114 cm³/mol. The van der Waals surface area contributed by atoms with E-state index >= 15 is 0 Å². The number of hydrogen-bond acceptors (Lipinski definition) is 5. The minimum absolute atomic E-state index is 0.126. The lowest BCUT2D eigenvalue weighted by molar-refractivity contribution is 0.373. The molecule has 0 bridgehead atoms. The van der Waals surface area contributed by atoms with Crippen LogP contribution in [0, 0.1) is 0 Å². The van der Waals surface area contributed by atoms with Gasteiger partial charge in [-0.2, -0.15) is 9.78 Å². The van der Waals surface area contributed by atoms with E-state index in [2.05, 4.69) is 5.10 Å². The van der Waals surface area contributed by atoms with Gasteiger partial charge in [-0.1, -0.05) is 43.0 Å². The molecule has 150 valence electrons. The molecule has 1 aliphatic carbocycles. The molecular weight excluding hydrogens is 390 g/mol. The molecule has 0 amide bonds. The average molecular weight is 412 g/mol. The summed E-state index contributed by atoms with van der Waals surface area (Å²) < 4.78 is 6.55. The van der Waals surface area contributed by atoms with Gasteiger partial charge in [-0.05, 0) is 42.7 Å². The van der Waals surface area contributed by atoms with Gasteiger partial charge < -0.3 is 9.84 Å². The second kappa shape index (κ2) is 8.25. The molecule has 1 heterocycles. The Bertz CT molecular complexity index is 1130. The Morgan fingerprint density at radius 1 is 1.24 bits per heavy atom. The van der Waals surface area contributed by atoms with E-state index in [0.717, 1.165) is 25.7 Å². The molecule has 0 saturated heterocycles. The summed E-state index contributed by atoms with van der Waals surface area (Å²) in [4.78, 5) is 18.0. The van der Waals surface area contributed by atoms with Gasteiger partial charge in [0.15, 0.2) is 11.5 Å². The van der Waals surface area contributed by atoms with Crippen LogP contribution in [-0.2, 0) is 0 Å². The molecule has 1 aromatic heterocycles. The molecule has 1 saturated carbocycles. The Balaban J connectivity index is 1.83. The third-order valence-corrected chi connectivity index (χ3v) is 5.63. The molecule has 7 heteroatoms. The van der Waals surface area contributed by atoms with Gasteiger partial charge in [0.2, 0.25) is 0 Å². The molecule has 3 aromatic rings. The summed E-state index contributed by atoms with van der Waals surface area (Å²) >= 11 is 6.07. The summed E-state index contributed by atoms with van der Waals surface area (Å²) in [5.74, 6) is 1.02. The standard InChI is InChI=1S/C22H22ClN3O3/c1-29-19-12-14(11-17(23)20(19)27)13-24-26-21(15-7-3-2-4-8-15)25-18-10-6-5-9-16(18)22(26)28/h5-6,9-13,15,27H,2-4,7-8H2,1H3. The molecule has 29 heavy (non-hydrogen) atoms. The van der Waals surface area contributed by atoms with Crippen LogP contribution in [-0.4, -0.2) is 28.1 Å². The van der Waals surface area contributed by atoms with Crippen molar-refractivity contribution in [1.29, 1.82) is 0 Å². The molecule has 1 fully saturated rings. The van der Waals surface area contributed by atoms with Crippen molar-refractivity contribution in [2.24, 2.45) is 5.10 Å². The predicted octanol–water partition coefficient (Wildman–Crippen LogP) is 4.69. The summed E-state index contributed by atoms with van der Waals surface area (Å²) in [6.07, 6.45) is 7.00. The fourth-order valence-electron chi connectivity index (χ4n) is 3.83. The zero-order valence-electron chi connectivity index (χ0n) is 16.1. The number of halogens is 1. The van der Waals surface area contributed by atoms with Crippen LogP contribution in [0.15, 0.2) is 46.3 Å². The number of fused-ring (bicyclic) bond motifs is 1. The van der Waals surface area contributed by atoms with Crippen molar-refractivity contribution in [2.75, 3.05) is 7.11 Å². The van der Waals surface area contributed by atoms with Gasteiger partial charge in [0.1, 0.15) is 5.82 Å². The van der Waals surface area contributed by atoms with E-state index in [-0.39, 0.29) is 28.0 Å². The Morgan fingerprint density at radius 3 is 2.76 bits per heavy atom. The first-order valence-electron chi connectivity index (χ1n) is 9.71. The van der Waals surface area contributed by atoms with Gasteiger partial charge in [-0.25, -0.2) is 4.98 Å². The molecule has 0 atom stereocenters. The minimum Gasteiger partial charge on any atom is -0.503 e. The number of ether oxygens (including phenoxy) is 1. The number of phenols is 1. The second-order valence-electron chi connectivity index (χ2n) is 7.24. The van der Waals surface area contributed by atoms with Gasteiger partial charge in [-0.3, -0.25) is 4.79 Å². The molecule has 0 aliphatic heterocycles. The van der Waals surface area contributed by atoms with Crippen molar-refractivity contribution in [2.45, 2.75) is 38.0 Å². The quantitative estimate of drug-likeness (QED) is 0.631. The zero-order valence-corrected chi connectivity index (χ0v) is 16.9. The Hall–Kier alpha value is -2.86. The summed E-state index contributed by atoms with van der Waals surface area (Å²) in [6.45, 7) is 0. The molecule has 6 nitrogen and oxygen atoms in total. The lowest BCUT2D eigenvalue weighted by atomic mass is 9.88. The maximum absolute atomic E-state index is 13.2. The maximum atomic E-state index is 13.2. The molecular formula is C22H22ClN3O3. The number of rotatable bonds is 4.